The quantitative estimate of drug-likeness (QED) is 0.800. The van der Waals surface area contributed by atoms with Crippen molar-refractivity contribution in [2.45, 2.75) is 44.6 Å². The molecule has 0 aromatic heterocycles. The van der Waals surface area contributed by atoms with E-state index in [9.17, 15) is 9.59 Å². The van der Waals surface area contributed by atoms with Crippen LogP contribution in [0.3, 0.4) is 0 Å². The van der Waals surface area contributed by atoms with Crippen LogP contribution in [0.25, 0.3) is 0 Å². The lowest BCUT2D eigenvalue weighted by Crippen LogP contribution is -2.38. The van der Waals surface area contributed by atoms with Gasteiger partial charge in [-0.05, 0) is 32.3 Å². The summed E-state index contributed by atoms with van der Waals surface area (Å²) in [6.45, 7) is 6.80. The molecule has 0 bridgehead atoms. The zero-order valence-electron chi connectivity index (χ0n) is 13.5. The first kappa shape index (κ1) is 15.1. The molecular formula is C18H23NO3. The Kier molecular flexibility index (Phi) is 3.50. The zero-order valence-corrected chi connectivity index (χ0v) is 13.5. The summed E-state index contributed by atoms with van der Waals surface area (Å²) in [4.78, 5) is 26.1. The average molecular weight is 301 g/mol. The summed E-state index contributed by atoms with van der Waals surface area (Å²) in [5, 5.41) is 0. The zero-order chi connectivity index (χ0) is 16.0. The fourth-order valence-corrected chi connectivity index (χ4v) is 3.80. The van der Waals surface area contributed by atoms with Gasteiger partial charge in [0.1, 0.15) is 11.4 Å². The Morgan fingerprint density at radius 3 is 2.59 bits per heavy atom. The van der Waals surface area contributed by atoms with Gasteiger partial charge in [0.05, 0.1) is 0 Å². The van der Waals surface area contributed by atoms with E-state index in [-0.39, 0.29) is 17.4 Å². The second kappa shape index (κ2) is 5.11. The lowest BCUT2D eigenvalue weighted by Gasteiger charge is -2.29. The smallest absolute Gasteiger partial charge is 0.410 e. The molecule has 22 heavy (non-hydrogen) atoms. The first-order chi connectivity index (χ1) is 10.3. The van der Waals surface area contributed by atoms with Gasteiger partial charge in [-0.1, -0.05) is 30.3 Å². The third-order valence-electron chi connectivity index (χ3n) is 4.68. The summed E-state index contributed by atoms with van der Waals surface area (Å²) in [6, 6.07) is 10.1. The number of amides is 1. The molecule has 1 saturated carbocycles. The van der Waals surface area contributed by atoms with Crippen LogP contribution in [0.5, 0.6) is 0 Å². The fraction of sp³-hybridized carbons (Fsp3) is 0.556. The molecule has 1 aromatic carbocycles. The van der Waals surface area contributed by atoms with Crippen LogP contribution in [0, 0.1) is 5.92 Å². The molecule has 0 spiro atoms. The number of nitrogens with zero attached hydrogens (tertiary/aromatic N) is 1. The summed E-state index contributed by atoms with van der Waals surface area (Å²) in [6.07, 6.45) is 0.819. The second-order valence-electron chi connectivity index (χ2n) is 7.50. The maximum Gasteiger partial charge on any atom is 0.410 e. The van der Waals surface area contributed by atoms with Gasteiger partial charge in [0.25, 0.3) is 0 Å². The van der Waals surface area contributed by atoms with Gasteiger partial charge in [0.2, 0.25) is 0 Å². The van der Waals surface area contributed by atoms with Crippen molar-refractivity contribution in [2.75, 3.05) is 13.1 Å². The topological polar surface area (TPSA) is 46.6 Å². The van der Waals surface area contributed by atoms with Crippen LogP contribution in [-0.4, -0.2) is 35.5 Å². The van der Waals surface area contributed by atoms with Crippen molar-refractivity contribution in [3.63, 3.8) is 0 Å². The Morgan fingerprint density at radius 2 is 1.95 bits per heavy atom. The van der Waals surface area contributed by atoms with Crippen LogP contribution in [-0.2, 0) is 14.9 Å². The number of likely N-dealkylation sites (tertiary alicyclic amines) is 1. The van der Waals surface area contributed by atoms with E-state index in [0.717, 1.165) is 5.56 Å². The highest BCUT2D eigenvalue weighted by Crippen LogP contribution is 2.49. The number of carbonyl (C=O) groups is 2. The van der Waals surface area contributed by atoms with Gasteiger partial charge in [0, 0.05) is 31.3 Å². The van der Waals surface area contributed by atoms with E-state index in [1.54, 1.807) is 4.90 Å². The van der Waals surface area contributed by atoms with E-state index in [1.165, 1.54) is 0 Å². The molecule has 1 aliphatic carbocycles. The summed E-state index contributed by atoms with van der Waals surface area (Å²) in [5.41, 5.74) is 0.441. The Morgan fingerprint density at radius 1 is 1.27 bits per heavy atom. The molecule has 0 N–H and O–H groups in total. The molecular weight excluding hydrogens is 278 g/mol. The molecule has 118 valence electrons. The molecule has 1 heterocycles. The standard InChI is InChI=1S/C18H23NO3/c1-17(2,3)22-16(21)19-11-14-9-15(20)10-18(14,12-19)13-7-5-4-6-8-13/h4-8,14H,9-12H2,1-3H3/t14-,18+/m0/s1. The van der Waals surface area contributed by atoms with Gasteiger partial charge in [0.15, 0.2) is 0 Å². The molecule has 1 aromatic rings. The van der Waals surface area contributed by atoms with E-state index in [2.05, 4.69) is 12.1 Å². The van der Waals surface area contributed by atoms with Gasteiger partial charge in [-0.25, -0.2) is 4.79 Å². The van der Waals surface area contributed by atoms with Crippen molar-refractivity contribution in [2.24, 2.45) is 5.92 Å². The monoisotopic (exact) mass is 301 g/mol. The summed E-state index contributed by atoms with van der Waals surface area (Å²) < 4.78 is 5.50. The molecule has 0 unspecified atom stereocenters. The van der Waals surface area contributed by atoms with Gasteiger partial charge < -0.3 is 9.64 Å². The Labute approximate surface area is 131 Å². The molecule has 2 aliphatic rings. The van der Waals surface area contributed by atoms with Crippen molar-refractivity contribution in [3.8, 4) is 0 Å². The number of hydrogen-bond donors (Lipinski definition) is 0. The number of ketones is 1. The average Bonchev–Trinajstić information content (AvgIpc) is 2.91. The minimum absolute atomic E-state index is 0.204. The van der Waals surface area contributed by atoms with E-state index in [0.29, 0.717) is 31.7 Å². The van der Waals surface area contributed by atoms with Crippen LogP contribution < -0.4 is 0 Å². The highest BCUT2D eigenvalue weighted by Gasteiger charge is 2.55. The van der Waals surface area contributed by atoms with Crippen molar-refractivity contribution >= 4 is 11.9 Å². The van der Waals surface area contributed by atoms with Crippen LogP contribution in [0.1, 0.15) is 39.2 Å². The van der Waals surface area contributed by atoms with Gasteiger partial charge >= 0.3 is 6.09 Å². The highest BCUT2D eigenvalue weighted by atomic mass is 16.6. The van der Waals surface area contributed by atoms with Gasteiger partial charge in [-0.3, -0.25) is 4.79 Å². The molecule has 2 atom stereocenters. The maximum absolute atomic E-state index is 12.4. The third-order valence-corrected chi connectivity index (χ3v) is 4.68. The molecule has 1 amide bonds. The van der Waals surface area contributed by atoms with Crippen LogP contribution in [0.15, 0.2) is 30.3 Å². The fourth-order valence-electron chi connectivity index (χ4n) is 3.80. The predicted octanol–water partition coefficient (Wildman–Crippen LogP) is 3.15. The second-order valence-corrected chi connectivity index (χ2v) is 7.50. The van der Waals surface area contributed by atoms with Crippen LogP contribution in [0.4, 0.5) is 4.79 Å². The predicted molar refractivity (Wildman–Crippen MR) is 83.7 cm³/mol. The summed E-state index contributed by atoms with van der Waals surface area (Å²) in [5.74, 6) is 0.507. The van der Waals surface area contributed by atoms with Crippen molar-refractivity contribution < 1.29 is 14.3 Å². The number of Topliss-reactive ketones (excluding diaryl/α,β-unsaturated/α-hetero) is 1. The van der Waals surface area contributed by atoms with Crippen molar-refractivity contribution in [1.29, 1.82) is 0 Å². The summed E-state index contributed by atoms with van der Waals surface area (Å²) in [7, 11) is 0. The Bertz CT molecular complexity index is 590. The molecule has 1 aliphatic heterocycles. The Balaban J connectivity index is 1.86. The van der Waals surface area contributed by atoms with Crippen LogP contribution >= 0.6 is 0 Å². The number of ether oxygens (including phenoxy) is 1. The molecule has 4 heteroatoms. The summed E-state index contributed by atoms with van der Waals surface area (Å²) >= 11 is 0. The number of carbonyl (C=O) groups excluding carboxylic acids is 2. The molecule has 3 rings (SSSR count). The number of fused-ring (bicyclic) bond motifs is 1. The maximum atomic E-state index is 12.4. The van der Waals surface area contributed by atoms with Crippen molar-refractivity contribution in [1.82, 2.24) is 4.90 Å². The molecule has 0 radical (unpaired) electrons. The molecule has 2 fully saturated rings. The number of hydrogen-bond acceptors (Lipinski definition) is 3. The number of benzene rings is 1. The van der Waals surface area contributed by atoms with E-state index in [4.69, 9.17) is 4.74 Å². The molecule has 1 saturated heterocycles. The first-order valence-corrected chi connectivity index (χ1v) is 7.85. The Hall–Kier alpha value is -1.84. The van der Waals surface area contributed by atoms with Gasteiger partial charge in [-0.2, -0.15) is 0 Å². The SMILES string of the molecule is CC(C)(C)OC(=O)N1C[C@@H]2CC(=O)C[C@]2(c2ccccc2)C1. The minimum atomic E-state index is -0.496. The van der Waals surface area contributed by atoms with Crippen molar-refractivity contribution in [3.05, 3.63) is 35.9 Å². The van der Waals surface area contributed by atoms with E-state index in [1.807, 2.05) is 39.0 Å². The highest BCUT2D eigenvalue weighted by molar-refractivity contribution is 5.84. The lowest BCUT2D eigenvalue weighted by atomic mass is 9.75. The first-order valence-electron chi connectivity index (χ1n) is 7.85. The normalized spacial score (nSPS) is 27.9. The van der Waals surface area contributed by atoms with Gasteiger partial charge in [-0.15, -0.1) is 0 Å². The lowest BCUT2D eigenvalue weighted by molar-refractivity contribution is -0.118. The largest absolute Gasteiger partial charge is 0.444 e. The van der Waals surface area contributed by atoms with Crippen LogP contribution in [0.2, 0.25) is 0 Å². The van der Waals surface area contributed by atoms with E-state index >= 15 is 0 Å². The third kappa shape index (κ3) is 2.62. The number of rotatable bonds is 1. The molecule has 4 nitrogen and oxygen atoms in total. The van der Waals surface area contributed by atoms with E-state index < -0.39 is 5.60 Å². The minimum Gasteiger partial charge on any atom is -0.444 e.